The number of unbranched alkanes of at least 4 members (excludes halogenated alkanes) is 10. The van der Waals surface area contributed by atoms with Crippen molar-refractivity contribution in [2.75, 3.05) is 13.1 Å². The van der Waals surface area contributed by atoms with Gasteiger partial charge < -0.3 is 5.32 Å². The van der Waals surface area contributed by atoms with Gasteiger partial charge in [0.25, 0.3) is 0 Å². The molecule has 0 aliphatic heterocycles. The van der Waals surface area contributed by atoms with Crippen LogP contribution in [0.1, 0.15) is 84.0 Å². The fraction of sp³-hybridized carbons (Fsp3) is 0.882. The van der Waals surface area contributed by atoms with Crippen molar-refractivity contribution in [3.63, 3.8) is 0 Å². The molecule has 0 saturated carbocycles. The summed E-state index contributed by atoms with van der Waals surface area (Å²) in [5, 5.41) is 3.45. The molecule has 0 atom stereocenters. The summed E-state index contributed by atoms with van der Waals surface area (Å²) in [7, 11) is 0. The topological polar surface area (TPSA) is 12.0 Å². The van der Waals surface area contributed by atoms with Gasteiger partial charge in [0.2, 0.25) is 0 Å². The molecule has 0 heterocycles. The van der Waals surface area contributed by atoms with Crippen LogP contribution >= 0.6 is 0 Å². The standard InChI is InChI=1S/C17H33N/c1-3-5-7-8-9-10-11-12-13-15-17-18-16-14-6-4-2/h2,18H,3,5-17H2,1H3. The maximum absolute atomic E-state index is 5.20. The first-order valence-electron chi connectivity index (χ1n) is 8.06. The van der Waals surface area contributed by atoms with E-state index in [0.29, 0.717) is 0 Å². The summed E-state index contributed by atoms with van der Waals surface area (Å²) in [6, 6.07) is 0. The maximum Gasteiger partial charge on any atom is 0.00981 e. The molecule has 1 heteroatoms. The quantitative estimate of drug-likeness (QED) is 0.342. The first kappa shape index (κ1) is 17.5. The van der Waals surface area contributed by atoms with E-state index in [2.05, 4.69) is 18.2 Å². The highest BCUT2D eigenvalue weighted by Gasteiger charge is 1.92. The zero-order chi connectivity index (χ0) is 13.3. The normalized spacial score (nSPS) is 10.4. The minimum atomic E-state index is 0.908. The molecule has 1 N–H and O–H groups in total. The van der Waals surface area contributed by atoms with Crippen LogP contribution in [0.25, 0.3) is 0 Å². The Morgan fingerprint density at radius 3 is 1.78 bits per heavy atom. The van der Waals surface area contributed by atoms with E-state index in [1.165, 1.54) is 70.8 Å². The molecule has 0 aliphatic carbocycles. The van der Waals surface area contributed by atoms with Crippen LogP contribution in [0.4, 0.5) is 0 Å². The first-order chi connectivity index (χ1) is 8.91. The Hall–Kier alpha value is -0.480. The molecular formula is C17H33N. The highest BCUT2D eigenvalue weighted by molar-refractivity contribution is 4.83. The summed E-state index contributed by atoms with van der Waals surface area (Å²) in [6.45, 7) is 4.53. The minimum Gasteiger partial charge on any atom is -0.317 e. The molecule has 0 bridgehead atoms. The molecule has 0 aromatic carbocycles. The second-order valence-corrected chi connectivity index (χ2v) is 5.24. The summed E-state index contributed by atoms with van der Waals surface area (Å²) in [4.78, 5) is 0. The lowest BCUT2D eigenvalue weighted by Crippen LogP contribution is -2.16. The molecule has 0 fully saturated rings. The van der Waals surface area contributed by atoms with E-state index in [0.717, 1.165) is 19.4 Å². The van der Waals surface area contributed by atoms with Gasteiger partial charge in [-0.3, -0.25) is 0 Å². The van der Waals surface area contributed by atoms with E-state index in [1.807, 2.05) is 0 Å². The van der Waals surface area contributed by atoms with Gasteiger partial charge in [0.15, 0.2) is 0 Å². The van der Waals surface area contributed by atoms with Gasteiger partial charge in [-0.25, -0.2) is 0 Å². The van der Waals surface area contributed by atoms with Crippen LogP contribution in [0.2, 0.25) is 0 Å². The Balaban J connectivity index is 2.89. The number of terminal acetylenes is 1. The second-order valence-electron chi connectivity index (χ2n) is 5.24. The first-order valence-corrected chi connectivity index (χ1v) is 8.06. The van der Waals surface area contributed by atoms with Gasteiger partial charge in [0, 0.05) is 6.42 Å². The largest absolute Gasteiger partial charge is 0.317 e. The van der Waals surface area contributed by atoms with Crippen LogP contribution < -0.4 is 5.32 Å². The number of hydrogen-bond acceptors (Lipinski definition) is 1. The number of rotatable bonds is 14. The average molecular weight is 251 g/mol. The molecule has 0 unspecified atom stereocenters. The number of hydrogen-bond donors (Lipinski definition) is 1. The molecular weight excluding hydrogens is 218 g/mol. The van der Waals surface area contributed by atoms with Crippen LogP contribution in [-0.4, -0.2) is 13.1 Å². The van der Waals surface area contributed by atoms with Crippen molar-refractivity contribution in [1.82, 2.24) is 5.32 Å². The molecule has 0 amide bonds. The van der Waals surface area contributed by atoms with E-state index < -0.39 is 0 Å². The molecule has 106 valence electrons. The third-order valence-corrected chi connectivity index (χ3v) is 3.38. The van der Waals surface area contributed by atoms with Crippen LogP contribution in [0, 0.1) is 12.3 Å². The zero-order valence-electron chi connectivity index (χ0n) is 12.5. The van der Waals surface area contributed by atoms with Gasteiger partial charge in [0.1, 0.15) is 0 Å². The van der Waals surface area contributed by atoms with Gasteiger partial charge in [-0.15, -0.1) is 12.3 Å². The molecule has 1 nitrogen and oxygen atoms in total. The van der Waals surface area contributed by atoms with Gasteiger partial charge in [-0.1, -0.05) is 64.7 Å². The van der Waals surface area contributed by atoms with Crippen molar-refractivity contribution in [3.8, 4) is 12.3 Å². The third kappa shape index (κ3) is 15.5. The smallest absolute Gasteiger partial charge is 0.00981 e. The van der Waals surface area contributed by atoms with E-state index >= 15 is 0 Å². The SMILES string of the molecule is C#CCCCNCCCCCCCCCCCC. The Morgan fingerprint density at radius 2 is 1.22 bits per heavy atom. The van der Waals surface area contributed by atoms with Crippen molar-refractivity contribution in [3.05, 3.63) is 0 Å². The lowest BCUT2D eigenvalue weighted by molar-refractivity contribution is 0.542. The van der Waals surface area contributed by atoms with Crippen LogP contribution in [0.5, 0.6) is 0 Å². The summed E-state index contributed by atoms with van der Waals surface area (Å²) in [6.07, 6.45) is 21.3. The molecule has 0 spiro atoms. The molecule has 0 radical (unpaired) electrons. The Bertz CT molecular complexity index is 181. The van der Waals surface area contributed by atoms with Gasteiger partial charge in [-0.2, -0.15) is 0 Å². The predicted molar refractivity (Wildman–Crippen MR) is 82.8 cm³/mol. The van der Waals surface area contributed by atoms with E-state index in [-0.39, 0.29) is 0 Å². The summed E-state index contributed by atoms with van der Waals surface area (Å²) < 4.78 is 0. The van der Waals surface area contributed by atoms with Crippen LogP contribution in [0.3, 0.4) is 0 Å². The number of nitrogens with one attached hydrogen (secondary N) is 1. The van der Waals surface area contributed by atoms with E-state index in [1.54, 1.807) is 0 Å². The van der Waals surface area contributed by atoms with Gasteiger partial charge >= 0.3 is 0 Å². The molecule has 0 aliphatic rings. The highest BCUT2D eigenvalue weighted by atomic mass is 14.8. The van der Waals surface area contributed by atoms with E-state index in [9.17, 15) is 0 Å². The summed E-state index contributed by atoms with van der Waals surface area (Å²) >= 11 is 0. The van der Waals surface area contributed by atoms with Crippen LogP contribution in [-0.2, 0) is 0 Å². The Labute approximate surface area is 115 Å². The lowest BCUT2D eigenvalue weighted by Gasteiger charge is -2.04. The van der Waals surface area contributed by atoms with Crippen molar-refractivity contribution < 1.29 is 0 Å². The Morgan fingerprint density at radius 1 is 0.722 bits per heavy atom. The molecule has 0 saturated heterocycles. The molecule has 18 heavy (non-hydrogen) atoms. The van der Waals surface area contributed by atoms with E-state index in [4.69, 9.17) is 6.42 Å². The fourth-order valence-electron chi connectivity index (χ4n) is 2.18. The fourth-order valence-corrected chi connectivity index (χ4v) is 2.18. The Kier molecular flexibility index (Phi) is 16.1. The second kappa shape index (κ2) is 16.5. The van der Waals surface area contributed by atoms with Crippen molar-refractivity contribution >= 4 is 0 Å². The highest BCUT2D eigenvalue weighted by Crippen LogP contribution is 2.10. The molecule has 0 aromatic heterocycles. The van der Waals surface area contributed by atoms with Gasteiger partial charge in [-0.05, 0) is 25.9 Å². The maximum atomic E-state index is 5.20. The minimum absolute atomic E-state index is 0.908. The zero-order valence-corrected chi connectivity index (χ0v) is 12.5. The average Bonchev–Trinajstić information content (AvgIpc) is 2.39. The lowest BCUT2D eigenvalue weighted by atomic mass is 10.1. The third-order valence-electron chi connectivity index (χ3n) is 3.38. The van der Waals surface area contributed by atoms with Crippen molar-refractivity contribution in [2.24, 2.45) is 0 Å². The molecule has 0 rings (SSSR count). The van der Waals surface area contributed by atoms with Gasteiger partial charge in [0.05, 0.1) is 0 Å². The summed E-state index contributed by atoms with van der Waals surface area (Å²) in [5.74, 6) is 2.67. The van der Waals surface area contributed by atoms with Crippen molar-refractivity contribution in [2.45, 2.75) is 84.0 Å². The monoisotopic (exact) mass is 251 g/mol. The van der Waals surface area contributed by atoms with Crippen molar-refractivity contribution in [1.29, 1.82) is 0 Å². The predicted octanol–water partition coefficient (Wildman–Crippen LogP) is 4.91. The van der Waals surface area contributed by atoms with Crippen LogP contribution in [0.15, 0.2) is 0 Å². The molecule has 0 aromatic rings. The summed E-state index contributed by atoms with van der Waals surface area (Å²) in [5.41, 5.74) is 0.